The number of thioether (sulfide) groups is 1. The molecule has 0 N–H and O–H groups in total. The highest BCUT2D eigenvalue weighted by atomic mass is 32.2. The first-order valence-corrected chi connectivity index (χ1v) is 11.4. The van der Waals surface area contributed by atoms with E-state index in [2.05, 4.69) is 0 Å². The topological polar surface area (TPSA) is 57.7 Å². The van der Waals surface area contributed by atoms with E-state index in [-0.39, 0.29) is 44.3 Å². The Kier molecular flexibility index (Phi) is 7.04. The van der Waals surface area contributed by atoms with Crippen molar-refractivity contribution in [3.63, 3.8) is 0 Å². The molecule has 5 nitrogen and oxygen atoms in total. The first-order valence-electron chi connectivity index (χ1n) is 9.00. The molecule has 0 unspecified atom stereocenters. The summed E-state index contributed by atoms with van der Waals surface area (Å²) in [5, 5.41) is 0. The molecule has 1 heterocycles. The van der Waals surface area contributed by atoms with E-state index < -0.39 is 32.4 Å². The van der Waals surface area contributed by atoms with Crippen LogP contribution >= 0.6 is 11.8 Å². The fourth-order valence-electron chi connectivity index (χ4n) is 2.99. The number of halogens is 4. The molecule has 0 spiro atoms. The van der Waals surface area contributed by atoms with E-state index in [1.807, 2.05) is 0 Å². The van der Waals surface area contributed by atoms with Crippen LogP contribution in [-0.2, 0) is 14.8 Å². The van der Waals surface area contributed by atoms with Crippen molar-refractivity contribution in [1.29, 1.82) is 0 Å². The molecule has 0 aliphatic carbocycles. The lowest BCUT2D eigenvalue weighted by Crippen LogP contribution is -2.50. The second-order valence-corrected chi connectivity index (χ2v) is 9.53. The fraction of sp³-hybridized carbons (Fsp3) is 0.316. The minimum atomic E-state index is -4.37. The van der Waals surface area contributed by atoms with Crippen LogP contribution in [0.15, 0.2) is 46.2 Å². The maximum absolute atomic E-state index is 13.9. The molecule has 1 fully saturated rings. The van der Waals surface area contributed by atoms with Crippen LogP contribution in [0.2, 0.25) is 0 Å². The zero-order valence-electron chi connectivity index (χ0n) is 15.7. The molecule has 1 amide bonds. The number of hydrogen-bond acceptors (Lipinski definition) is 4. The third-order valence-electron chi connectivity index (χ3n) is 4.62. The Balaban J connectivity index is 1.56. The second-order valence-electron chi connectivity index (χ2n) is 6.49. The predicted octanol–water partition coefficient (Wildman–Crippen LogP) is 3.26. The fourth-order valence-corrected chi connectivity index (χ4v) is 5.35. The maximum Gasteiger partial charge on any atom is 0.246 e. The lowest BCUT2D eigenvalue weighted by molar-refractivity contribution is -0.131. The average molecular weight is 462 g/mol. The standard InChI is InChI=1S/C19H18F4N2O3S2/c20-13-3-1-2-4-15(13)29-12-7-17(26)24-8-10-25(11-9-24)30(27,28)16-6-5-14(21)18(22)19(16)23/h1-6H,7-12H2. The molecule has 11 heteroatoms. The lowest BCUT2D eigenvalue weighted by Gasteiger charge is -2.34. The molecular weight excluding hydrogens is 444 g/mol. The number of nitrogens with zero attached hydrogens (tertiary/aromatic N) is 2. The molecule has 162 valence electrons. The van der Waals surface area contributed by atoms with Crippen LogP contribution in [0.4, 0.5) is 17.6 Å². The van der Waals surface area contributed by atoms with E-state index in [4.69, 9.17) is 0 Å². The van der Waals surface area contributed by atoms with Crippen molar-refractivity contribution < 1.29 is 30.8 Å². The zero-order valence-corrected chi connectivity index (χ0v) is 17.3. The van der Waals surface area contributed by atoms with E-state index in [1.54, 1.807) is 18.2 Å². The number of hydrogen-bond donors (Lipinski definition) is 0. The monoisotopic (exact) mass is 462 g/mol. The molecule has 1 aliphatic heterocycles. The summed E-state index contributed by atoms with van der Waals surface area (Å²) < 4.78 is 80.0. The summed E-state index contributed by atoms with van der Waals surface area (Å²) in [4.78, 5) is 13.3. The molecule has 1 saturated heterocycles. The number of piperazine rings is 1. The minimum absolute atomic E-state index is 0.0771. The van der Waals surface area contributed by atoms with Crippen molar-refractivity contribution >= 4 is 27.7 Å². The van der Waals surface area contributed by atoms with Gasteiger partial charge in [-0.15, -0.1) is 11.8 Å². The van der Waals surface area contributed by atoms with Gasteiger partial charge in [0.25, 0.3) is 0 Å². The quantitative estimate of drug-likeness (QED) is 0.376. The maximum atomic E-state index is 13.9. The van der Waals surface area contributed by atoms with Gasteiger partial charge in [0.1, 0.15) is 10.7 Å². The first-order chi connectivity index (χ1) is 14.2. The Hall–Kier alpha value is -2.11. The summed E-state index contributed by atoms with van der Waals surface area (Å²) in [6.45, 7) is -0.0542. The van der Waals surface area contributed by atoms with Gasteiger partial charge in [-0.1, -0.05) is 12.1 Å². The normalized spacial score (nSPS) is 15.4. The Bertz CT molecular complexity index is 1040. The number of benzene rings is 2. The third kappa shape index (κ3) is 4.79. The van der Waals surface area contributed by atoms with Gasteiger partial charge in [0.2, 0.25) is 15.9 Å². The summed E-state index contributed by atoms with van der Waals surface area (Å²) >= 11 is 1.21. The van der Waals surface area contributed by atoms with Crippen LogP contribution in [0.3, 0.4) is 0 Å². The van der Waals surface area contributed by atoms with Gasteiger partial charge in [-0.05, 0) is 24.3 Å². The average Bonchev–Trinajstić information content (AvgIpc) is 2.73. The molecule has 0 radical (unpaired) electrons. The molecule has 0 bridgehead atoms. The predicted molar refractivity (Wildman–Crippen MR) is 103 cm³/mol. The molecule has 0 aromatic heterocycles. The third-order valence-corrected chi connectivity index (χ3v) is 7.59. The SMILES string of the molecule is O=C(CCSc1ccccc1F)N1CCN(S(=O)(=O)c2ccc(F)c(F)c2F)CC1. The van der Waals surface area contributed by atoms with Crippen LogP contribution in [0.25, 0.3) is 0 Å². The van der Waals surface area contributed by atoms with Crippen LogP contribution in [0.1, 0.15) is 6.42 Å². The van der Waals surface area contributed by atoms with Gasteiger partial charge in [-0.25, -0.2) is 26.0 Å². The lowest BCUT2D eigenvalue weighted by atomic mass is 10.3. The largest absolute Gasteiger partial charge is 0.340 e. The van der Waals surface area contributed by atoms with Crippen LogP contribution in [-0.4, -0.2) is 55.5 Å². The van der Waals surface area contributed by atoms with E-state index in [0.29, 0.717) is 22.8 Å². The Morgan fingerprint density at radius 1 is 0.900 bits per heavy atom. The van der Waals surface area contributed by atoms with Crippen molar-refractivity contribution in [2.75, 3.05) is 31.9 Å². The van der Waals surface area contributed by atoms with E-state index >= 15 is 0 Å². The number of carbonyl (C=O) groups is 1. The van der Waals surface area contributed by atoms with Gasteiger partial charge in [0, 0.05) is 43.2 Å². The molecule has 2 aromatic rings. The van der Waals surface area contributed by atoms with Crippen molar-refractivity contribution in [3.05, 3.63) is 59.7 Å². The molecular formula is C19H18F4N2O3S2. The smallest absolute Gasteiger partial charge is 0.246 e. The van der Waals surface area contributed by atoms with Gasteiger partial charge >= 0.3 is 0 Å². The molecule has 0 atom stereocenters. The van der Waals surface area contributed by atoms with Crippen molar-refractivity contribution in [2.24, 2.45) is 0 Å². The van der Waals surface area contributed by atoms with E-state index in [0.717, 1.165) is 4.31 Å². The van der Waals surface area contributed by atoms with Crippen LogP contribution in [0.5, 0.6) is 0 Å². The number of rotatable bonds is 6. The van der Waals surface area contributed by atoms with Crippen LogP contribution in [0, 0.1) is 23.3 Å². The Morgan fingerprint density at radius 2 is 1.57 bits per heavy atom. The first kappa shape index (κ1) is 22.6. The van der Waals surface area contributed by atoms with E-state index in [9.17, 15) is 30.8 Å². The minimum Gasteiger partial charge on any atom is -0.340 e. The van der Waals surface area contributed by atoms with Gasteiger partial charge < -0.3 is 4.90 Å². The Labute approximate surface area is 175 Å². The van der Waals surface area contributed by atoms with Gasteiger partial charge in [0.05, 0.1) is 0 Å². The molecule has 0 saturated carbocycles. The summed E-state index contributed by atoms with van der Waals surface area (Å²) in [5.74, 6) is -5.31. The highest BCUT2D eigenvalue weighted by molar-refractivity contribution is 7.99. The Morgan fingerprint density at radius 3 is 2.23 bits per heavy atom. The molecule has 2 aromatic carbocycles. The highest BCUT2D eigenvalue weighted by Crippen LogP contribution is 2.25. The number of amides is 1. The molecule has 1 aliphatic rings. The highest BCUT2D eigenvalue weighted by Gasteiger charge is 2.33. The van der Waals surface area contributed by atoms with Crippen LogP contribution < -0.4 is 0 Å². The van der Waals surface area contributed by atoms with Crippen molar-refractivity contribution in [3.8, 4) is 0 Å². The van der Waals surface area contributed by atoms with Crippen molar-refractivity contribution in [1.82, 2.24) is 9.21 Å². The van der Waals surface area contributed by atoms with E-state index in [1.165, 1.54) is 22.7 Å². The summed E-state index contributed by atoms with van der Waals surface area (Å²) in [5.41, 5.74) is 0. The summed E-state index contributed by atoms with van der Waals surface area (Å²) in [7, 11) is -4.37. The van der Waals surface area contributed by atoms with Crippen molar-refractivity contribution in [2.45, 2.75) is 16.2 Å². The summed E-state index contributed by atoms with van der Waals surface area (Å²) in [6, 6.07) is 7.46. The van der Waals surface area contributed by atoms with Gasteiger partial charge in [0.15, 0.2) is 17.5 Å². The molecule has 3 rings (SSSR count). The van der Waals surface area contributed by atoms with Gasteiger partial charge in [-0.3, -0.25) is 4.79 Å². The number of carbonyl (C=O) groups excluding carboxylic acids is 1. The van der Waals surface area contributed by atoms with Gasteiger partial charge in [-0.2, -0.15) is 4.31 Å². The number of sulfonamides is 1. The second kappa shape index (κ2) is 9.36. The zero-order chi connectivity index (χ0) is 21.9. The summed E-state index contributed by atoms with van der Waals surface area (Å²) in [6.07, 6.45) is 0.142. The molecule has 30 heavy (non-hydrogen) atoms.